The van der Waals surface area contributed by atoms with Gasteiger partial charge >= 0.3 is 5.97 Å². The monoisotopic (exact) mass is 324 g/mol. The third kappa shape index (κ3) is 3.59. The van der Waals surface area contributed by atoms with Gasteiger partial charge in [0, 0.05) is 10.6 Å². The van der Waals surface area contributed by atoms with E-state index >= 15 is 0 Å². The van der Waals surface area contributed by atoms with Gasteiger partial charge in [0.1, 0.15) is 9.88 Å². The summed E-state index contributed by atoms with van der Waals surface area (Å²) < 4.78 is 4.98. The molecule has 1 heterocycles. The van der Waals surface area contributed by atoms with E-state index < -0.39 is 18.0 Å². The molecule has 0 unspecified atom stereocenters. The summed E-state index contributed by atoms with van der Waals surface area (Å²) >= 11 is 7.13. The van der Waals surface area contributed by atoms with Crippen LogP contribution in [0.2, 0.25) is 5.02 Å². The number of nitrogens with zero attached hydrogens (tertiary/aromatic N) is 1. The van der Waals surface area contributed by atoms with Gasteiger partial charge in [-0.1, -0.05) is 23.7 Å². The summed E-state index contributed by atoms with van der Waals surface area (Å²) in [6, 6.07) is 7.18. The fraction of sp³-hybridized carbons (Fsp3) is 0.214. The molecule has 110 valence electrons. The van der Waals surface area contributed by atoms with Gasteiger partial charge in [-0.3, -0.25) is 4.79 Å². The van der Waals surface area contributed by atoms with Crippen LogP contribution < -0.4 is 5.73 Å². The second kappa shape index (κ2) is 6.24. The molecule has 2 aromatic rings. The first-order valence-electron chi connectivity index (χ1n) is 6.12. The molecule has 7 heteroatoms. The predicted octanol–water partition coefficient (Wildman–Crippen LogP) is 2.80. The molecule has 0 aliphatic rings. The van der Waals surface area contributed by atoms with Crippen LogP contribution in [-0.2, 0) is 9.53 Å². The van der Waals surface area contributed by atoms with Crippen molar-refractivity contribution in [3.05, 3.63) is 39.9 Å². The molecule has 1 aromatic carbocycles. The molecule has 1 aromatic heterocycles. The maximum atomic E-state index is 12.0. The maximum absolute atomic E-state index is 12.0. The van der Waals surface area contributed by atoms with Crippen LogP contribution in [0.3, 0.4) is 0 Å². The lowest BCUT2D eigenvalue weighted by molar-refractivity contribution is -0.125. The average molecular weight is 325 g/mol. The number of thiazole rings is 1. The molecule has 0 saturated heterocycles. The Hall–Kier alpha value is -1.92. The molecule has 0 saturated carbocycles. The number of hydrogen-bond donors (Lipinski definition) is 1. The first-order valence-corrected chi connectivity index (χ1v) is 7.31. The largest absolute Gasteiger partial charge is 0.448 e. The van der Waals surface area contributed by atoms with Crippen molar-refractivity contribution in [3.63, 3.8) is 0 Å². The van der Waals surface area contributed by atoms with Gasteiger partial charge in [0.05, 0.1) is 5.69 Å². The number of primary amides is 1. The van der Waals surface area contributed by atoms with Crippen LogP contribution in [0.15, 0.2) is 24.3 Å². The van der Waals surface area contributed by atoms with Crippen LogP contribution in [0.1, 0.15) is 22.3 Å². The molecule has 1 atom stereocenters. The van der Waals surface area contributed by atoms with Gasteiger partial charge in [0.2, 0.25) is 0 Å². The first-order chi connectivity index (χ1) is 9.88. The van der Waals surface area contributed by atoms with Crippen LogP contribution in [0.4, 0.5) is 0 Å². The van der Waals surface area contributed by atoms with E-state index in [1.807, 2.05) is 12.1 Å². The van der Waals surface area contributed by atoms with Crippen LogP contribution in [0.25, 0.3) is 10.6 Å². The Bertz CT molecular complexity index is 699. The number of hydrogen-bond acceptors (Lipinski definition) is 5. The summed E-state index contributed by atoms with van der Waals surface area (Å²) in [4.78, 5) is 27.6. The summed E-state index contributed by atoms with van der Waals surface area (Å²) in [7, 11) is 0. The summed E-state index contributed by atoms with van der Waals surface area (Å²) in [6.45, 7) is 3.13. The number of carbonyl (C=O) groups excluding carboxylic acids is 2. The van der Waals surface area contributed by atoms with E-state index in [1.54, 1.807) is 19.1 Å². The molecular weight excluding hydrogens is 312 g/mol. The van der Waals surface area contributed by atoms with E-state index in [9.17, 15) is 9.59 Å². The molecular formula is C14H13ClN2O3S. The third-order valence-corrected chi connectivity index (χ3v) is 4.16. The highest BCUT2D eigenvalue weighted by atomic mass is 35.5. The Morgan fingerprint density at radius 1 is 1.43 bits per heavy atom. The van der Waals surface area contributed by atoms with Gasteiger partial charge in [-0.2, -0.15) is 0 Å². The third-order valence-electron chi connectivity index (χ3n) is 2.74. The lowest BCUT2D eigenvalue weighted by Crippen LogP contribution is -2.30. The fourth-order valence-corrected chi connectivity index (χ4v) is 2.74. The summed E-state index contributed by atoms with van der Waals surface area (Å²) in [5.74, 6) is -1.30. The standard InChI is InChI=1S/C14H13ClN2O3S/c1-7-11(14(19)20-8(2)12(16)18)21-13(17-7)9-4-3-5-10(15)6-9/h3-6,8H,1-2H3,(H2,16,18)/t8-/m1/s1. The second-order valence-corrected chi connectivity index (χ2v) is 5.83. The van der Waals surface area contributed by atoms with Gasteiger partial charge in [-0.25, -0.2) is 9.78 Å². The Morgan fingerprint density at radius 2 is 2.14 bits per heavy atom. The minimum absolute atomic E-state index is 0.345. The summed E-state index contributed by atoms with van der Waals surface area (Å²) in [5, 5.41) is 1.25. The van der Waals surface area contributed by atoms with Crippen molar-refractivity contribution in [2.75, 3.05) is 0 Å². The van der Waals surface area contributed by atoms with Gasteiger partial charge in [0.25, 0.3) is 5.91 Å². The Morgan fingerprint density at radius 3 is 2.76 bits per heavy atom. The molecule has 0 fully saturated rings. The average Bonchev–Trinajstić information content (AvgIpc) is 2.80. The van der Waals surface area contributed by atoms with Crippen molar-refractivity contribution < 1.29 is 14.3 Å². The van der Waals surface area contributed by atoms with Crippen LogP contribution in [-0.4, -0.2) is 23.0 Å². The number of esters is 1. The topological polar surface area (TPSA) is 82.3 Å². The molecule has 0 radical (unpaired) electrons. The van der Waals surface area contributed by atoms with Crippen molar-refractivity contribution >= 4 is 34.8 Å². The zero-order chi connectivity index (χ0) is 15.6. The molecule has 0 aliphatic heterocycles. The van der Waals surface area contributed by atoms with Crippen molar-refractivity contribution in [1.82, 2.24) is 4.98 Å². The lowest BCUT2D eigenvalue weighted by atomic mass is 10.2. The van der Waals surface area contributed by atoms with E-state index in [0.29, 0.717) is 20.6 Å². The summed E-state index contributed by atoms with van der Waals surface area (Å²) in [6.07, 6.45) is -0.978. The highest BCUT2D eigenvalue weighted by Gasteiger charge is 2.21. The lowest BCUT2D eigenvalue weighted by Gasteiger charge is -2.08. The normalized spacial score (nSPS) is 12.0. The number of amides is 1. The number of halogens is 1. The molecule has 2 N–H and O–H groups in total. The van der Waals surface area contributed by atoms with Gasteiger partial charge in [-0.15, -0.1) is 11.3 Å². The highest BCUT2D eigenvalue weighted by molar-refractivity contribution is 7.17. The van der Waals surface area contributed by atoms with Crippen LogP contribution in [0.5, 0.6) is 0 Å². The smallest absolute Gasteiger partial charge is 0.351 e. The highest BCUT2D eigenvalue weighted by Crippen LogP contribution is 2.30. The van der Waals surface area contributed by atoms with Gasteiger partial charge in [0.15, 0.2) is 6.10 Å². The Labute approximate surface area is 130 Å². The quantitative estimate of drug-likeness (QED) is 0.877. The molecule has 21 heavy (non-hydrogen) atoms. The van der Waals surface area contributed by atoms with Crippen molar-refractivity contribution in [2.45, 2.75) is 20.0 Å². The molecule has 0 aliphatic carbocycles. The fourth-order valence-electron chi connectivity index (χ4n) is 1.60. The minimum atomic E-state index is -0.978. The SMILES string of the molecule is Cc1nc(-c2cccc(Cl)c2)sc1C(=O)O[C@H](C)C(N)=O. The zero-order valence-corrected chi connectivity index (χ0v) is 13.0. The number of aromatic nitrogens is 1. The summed E-state index contributed by atoms with van der Waals surface area (Å²) in [5.41, 5.74) is 6.43. The molecule has 1 amide bonds. The number of carbonyl (C=O) groups is 2. The Balaban J connectivity index is 2.27. The first kappa shape index (κ1) is 15.5. The second-order valence-electron chi connectivity index (χ2n) is 4.39. The van der Waals surface area contributed by atoms with Crippen molar-refractivity contribution in [3.8, 4) is 10.6 Å². The van der Waals surface area contributed by atoms with Crippen molar-refractivity contribution in [2.24, 2.45) is 5.73 Å². The van der Waals surface area contributed by atoms with Crippen LogP contribution in [0, 0.1) is 6.92 Å². The van der Waals surface area contributed by atoms with Crippen molar-refractivity contribution in [1.29, 1.82) is 0 Å². The predicted molar refractivity (Wildman–Crippen MR) is 81.4 cm³/mol. The number of ether oxygens (including phenoxy) is 1. The van der Waals surface area contributed by atoms with E-state index in [4.69, 9.17) is 22.1 Å². The van der Waals surface area contributed by atoms with E-state index in [2.05, 4.69) is 4.98 Å². The molecule has 0 bridgehead atoms. The van der Waals surface area contributed by atoms with E-state index in [0.717, 1.165) is 5.56 Å². The molecule has 5 nitrogen and oxygen atoms in total. The van der Waals surface area contributed by atoms with E-state index in [1.165, 1.54) is 18.3 Å². The molecule has 2 rings (SSSR count). The van der Waals surface area contributed by atoms with Crippen LogP contribution >= 0.6 is 22.9 Å². The van der Waals surface area contributed by atoms with E-state index in [-0.39, 0.29) is 0 Å². The zero-order valence-electron chi connectivity index (χ0n) is 11.4. The Kier molecular flexibility index (Phi) is 4.59. The molecule has 0 spiro atoms. The van der Waals surface area contributed by atoms with Gasteiger partial charge < -0.3 is 10.5 Å². The number of nitrogens with two attached hydrogens (primary N) is 1. The number of rotatable bonds is 4. The number of aryl methyl sites for hydroxylation is 1. The van der Waals surface area contributed by atoms with Gasteiger partial charge in [-0.05, 0) is 26.0 Å². The minimum Gasteiger partial charge on any atom is -0.448 e. The maximum Gasteiger partial charge on any atom is 0.351 e. The number of benzene rings is 1.